The summed E-state index contributed by atoms with van der Waals surface area (Å²) in [6.45, 7) is 20.7. The van der Waals surface area contributed by atoms with E-state index in [1.807, 2.05) is 0 Å². The highest BCUT2D eigenvalue weighted by Gasteiger charge is 2.54. The molecule has 0 N–H and O–H groups in total. The van der Waals surface area contributed by atoms with Crippen LogP contribution in [0.1, 0.15) is 89.3 Å². The molecule has 0 amide bonds. The van der Waals surface area contributed by atoms with Crippen LogP contribution < -0.4 is 0 Å². The zero-order valence-electron chi connectivity index (χ0n) is 24.8. The van der Waals surface area contributed by atoms with Gasteiger partial charge in [-0.25, -0.2) is 10.0 Å². The van der Waals surface area contributed by atoms with Crippen LogP contribution in [-0.4, -0.2) is 17.8 Å². The molecule has 1 saturated carbocycles. The second-order valence-electron chi connectivity index (χ2n) is 14.2. The minimum Gasteiger partial charge on any atom is -0.236 e. The first-order valence-corrected chi connectivity index (χ1v) is 17.4. The molecule has 0 spiro atoms. The maximum Gasteiger partial charge on any atom is 0.0195 e. The Morgan fingerprint density at radius 2 is 1.33 bits per heavy atom. The molecular weight excluding hydrogens is 452 g/mol. The van der Waals surface area contributed by atoms with Crippen molar-refractivity contribution in [1.29, 1.82) is 0 Å². The van der Waals surface area contributed by atoms with Crippen LogP contribution in [-0.2, 0) is 19.3 Å². The van der Waals surface area contributed by atoms with Gasteiger partial charge in [0.05, 0.1) is 0 Å². The second kappa shape index (κ2) is 9.21. The van der Waals surface area contributed by atoms with Crippen molar-refractivity contribution in [3.05, 3.63) is 58.7 Å². The van der Waals surface area contributed by atoms with Gasteiger partial charge in [-0.3, -0.25) is 0 Å². The van der Waals surface area contributed by atoms with Gasteiger partial charge in [-0.05, 0) is 118 Å². The maximum absolute atomic E-state index is 2.75. The molecule has 0 saturated heterocycles. The summed E-state index contributed by atoms with van der Waals surface area (Å²) in [5, 5.41) is 1.47. The standard InChI is InChI=1S/C35H52S/c1-21-19-30-31(20-28-17-14-18-29(28)32(30)27-15-12-11-13-16-27)34(35(21,7)8)36(9,10)33-25(5)23(3)22(2)24(4)26(33)6/h11-13,15-16,20-26,33-34H,14,17-19H2,1-10H3. The smallest absolute Gasteiger partial charge is 0.0195 e. The van der Waals surface area contributed by atoms with Gasteiger partial charge in [-0.2, -0.15) is 0 Å². The normalized spacial score (nSPS) is 36.3. The minimum atomic E-state index is -0.943. The van der Waals surface area contributed by atoms with Crippen LogP contribution in [0.5, 0.6) is 0 Å². The Hall–Kier alpha value is -1.21. The number of aryl methyl sites for hydroxylation is 1. The first-order valence-electron chi connectivity index (χ1n) is 14.8. The molecule has 3 aliphatic rings. The van der Waals surface area contributed by atoms with Gasteiger partial charge in [-0.1, -0.05) is 91.8 Å². The molecule has 1 fully saturated rings. The quantitative estimate of drug-likeness (QED) is 0.390. The Balaban J connectivity index is 1.73. The van der Waals surface area contributed by atoms with Crippen molar-refractivity contribution in [2.75, 3.05) is 12.5 Å². The number of hydrogen-bond acceptors (Lipinski definition) is 0. The maximum atomic E-state index is 2.75. The average molecular weight is 505 g/mol. The Kier molecular flexibility index (Phi) is 6.76. The third kappa shape index (κ3) is 3.85. The van der Waals surface area contributed by atoms with E-state index in [4.69, 9.17) is 0 Å². The summed E-state index contributed by atoms with van der Waals surface area (Å²) in [5.41, 5.74) is 10.2. The molecule has 0 aliphatic heterocycles. The Morgan fingerprint density at radius 1 is 0.750 bits per heavy atom. The van der Waals surface area contributed by atoms with Gasteiger partial charge in [0, 0.05) is 5.25 Å². The molecule has 36 heavy (non-hydrogen) atoms. The predicted octanol–water partition coefficient (Wildman–Crippen LogP) is 9.73. The summed E-state index contributed by atoms with van der Waals surface area (Å²) < 4.78 is 0. The van der Waals surface area contributed by atoms with Crippen LogP contribution >= 0.6 is 10.0 Å². The molecule has 2 aromatic rings. The van der Waals surface area contributed by atoms with Crippen molar-refractivity contribution in [3.63, 3.8) is 0 Å². The van der Waals surface area contributed by atoms with E-state index in [0.29, 0.717) is 16.6 Å². The van der Waals surface area contributed by atoms with Crippen molar-refractivity contribution in [1.82, 2.24) is 0 Å². The first-order chi connectivity index (χ1) is 16.9. The molecule has 1 heteroatoms. The molecule has 0 nitrogen and oxygen atoms in total. The van der Waals surface area contributed by atoms with Crippen LogP contribution in [0.25, 0.3) is 11.1 Å². The number of hydrogen-bond donors (Lipinski definition) is 0. The lowest BCUT2D eigenvalue weighted by atomic mass is 9.64. The summed E-state index contributed by atoms with van der Waals surface area (Å²) in [6.07, 6.45) is 10.6. The van der Waals surface area contributed by atoms with E-state index < -0.39 is 10.0 Å². The van der Waals surface area contributed by atoms with Gasteiger partial charge in [0.2, 0.25) is 0 Å². The fourth-order valence-electron chi connectivity index (χ4n) is 9.34. The van der Waals surface area contributed by atoms with Gasteiger partial charge >= 0.3 is 0 Å². The first kappa shape index (κ1) is 26.4. The Morgan fingerprint density at radius 3 is 1.94 bits per heavy atom. The number of benzene rings is 2. The summed E-state index contributed by atoms with van der Waals surface area (Å²) in [6, 6.07) is 14.2. The summed E-state index contributed by atoms with van der Waals surface area (Å²) in [7, 11) is -0.943. The highest BCUT2D eigenvalue weighted by Crippen LogP contribution is 2.73. The fraction of sp³-hybridized carbons (Fsp3) is 0.657. The summed E-state index contributed by atoms with van der Waals surface area (Å²) in [4.78, 5) is 0. The third-order valence-electron chi connectivity index (χ3n) is 12.0. The van der Waals surface area contributed by atoms with Crippen molar-refractivity contribution in [2.45, 2.75) is 91.6 Å². The van der Waals surface area contributed by atoms with E-state index in [1.54, 1.807) is 27.8 Å². The Bertz CT molecular complexity index is 1090. The second-order valence-corrected chi connectivity index (χ2v) is 18.2. The summed E-state index contributed by atoms with van der Waals surface area (Å²) in [5.74, 6) is 4.69. The van der Waals surface area contributed by atoms with Crippen LogP contribution in [0.2, 0.25) is 0 Å². The average Bonchev–Trinajstić information content (AvgIpc) is 3.29. The highest BCUT2D eigenvalue weighted by molar-refractivity contribution is 8.33. The molecule has 0 radical (unpaired) electrons. The molecule has 5 rings (SSSR count). The molecule has 0 heterocycles. The molecule has 198 valence electrons. The lowest BCUT2D eigenvalue weighted by molar-refractivity contribution is 0.0900. The number of fused-ring (bicyclic) bond motifs is 2. The Labute approximate surface area is 224 Å². The van der Waals surface area contributed by atoms with Gasteiger partial charge in [0.25, 0.3) is 0 Å². The minimum absolute atomic E-state index is 0.307. The topological polar surface area (TPSA) is 0 Å². The van der Waals surface area contributed by atoms with Gasteiger partial charge in [0.15, 0.2) is 0 Å². The van der Waals surface area contributed by atoms with Crippen LogP contribution in [0.4, 0.5) is 0 Å². The molecule has 6 unspecified atom stereocenters. The van der Waals surface area contributed by atoms with E-state index in [-0.39, 0.29) is 0 Å². The number of rotatable bonds is 3. The highest BCUT2D eigenvalue weighted by atomic mass is 32.3. The predicted molar refractivity (Wildman–Crippen MR) is 162 cm³/mol. The molecule has 3 aliphatic carbocycles. The SMILES string of the molecule is CC1C(C)C(C)C(S(C)(C)C2c3cc4c(c(-c5ccccc5)c3CC(C)C2(C)C)CCC4)C(C)C1C. The molecule has 6 atom stereocenters. The lowest BCUT2D eigenvalue weighted by Crippen LogP contribution is -2.50. The van der Waals surface area contributed by atoms with Crippen LogP contribution in [0.15, 0.2) is 36.4 Å². The summed E-state index contributed by atoms with van der Waals surface area (Å²) >= 11 is 0. The van der Waals surface area contributed by atoms with Gasteiger partial charge in [-0.15, -0.1) is 0 Å². The zero-order valence-corrected chi connectivity index (χ0v) is 25.6. The molecular formula is C35H52S. The van der Waals surface area contributed by atoms with Crippen molar-refractivity contribution >= 4 is 10.0 Å². The van der Waals surface area contributed by atoms with E-state index in [9.17, 15) is 0 Å². The van der Waals surface area contributed by atoms with Gasteiger partial charge < -0.3 is 0 Å². The van der Waals surface area contributed by atoms with E-state index in [1.165, 1.54) is 31.2 Å². The van der Waals surface area contributed by atoms with Crippen LogP contribution in [0.3, 0.4) is 0 Å². The van der Waals surface area contributed by atoms with E-state index >= 15 is 0 Å². The van der Waals surface area contributed by atoms with Crippen molar-refractivity contribution in [3.8, 4) is 11.1 Å². The molecule has 0 aromatic heterocycles. The van der Waals surface area contributed by atoms with Gasteiger partial charge in [0.1, 0.15) is 0 Å². The van der Waals surface area contributed by atoms with E-state index in [0.717, 1.165) is 34.8 Å². The monoisotopic (exact) mass is 504 g/mol. The largest absolute Gasteiger partial charge is 0.236 e. The van der Waals surface area contributed by atoms with Crippen LogP contribution in [0, 0.1) is 40.9 Å². The molecule has 2 aromatic carbocycles. The molecule has 0 bridgehead atoms. The fourth-order valence-corrected chi connectivity index (χ4v) is 15.0. The van der Waals surface area contributed by atoms with Crippen molar-refractivity contribution in [2.24, 2.45) is 40.9 Å². The third-order valence-corrected chi connectivity index (χ3v) is 16.3. The lowest BCUT2D eigenvalue weighted by Gasteiger charge is -2.63. The van der Waals surface area contributed by atoms with Crippen molar-refractivity contribution < 1.29 is 0 Å². The zero-order chi connectivity index (χ0) is 26.2. The van der Waals surface area contributed by atoms with E-state index in [2.05, 4.69) is 104 Å².